The monoisotopic (exact) mass is 212 g/mol. The van der Waals surface area contributed by atoms with Crippen molar-refractivity contribution in [2.24, 2.45) is 5.92 Å². The van der Waals surface area contributed by atoms with Crippen LogP contribution in [0, 0.1) is 5.92 Å². The molecule has 15 heavy (non-hydrogen) atoms. The Morgan fingerprint density at radius 3 is 2.73 bits per heavy atom. The van der Waals surface area contributed by atoms with Crippen molar-refractivity contribution < 1.29 is 4.79 Å². The predicted molar refractivity (Wildman–Crippen MR) is 62.7 cm³/mol. The van der Waals surface area contributed by atoms with Gasteiger partial charge in [-0.15, -0.1) is 0 Å². The Kier molecular flexibility index (Phi) is 4.14. The van der Waals surface area contributed by atoms with E-state index in [1.54, 1.807) is 0 Å². The van der Waals surface area contributed by atoms with Crippen molar-refractivity contribution >= 4 is 5.91 Å². The zero-order valence-electron chi connectivity index (χ0n) is 10.5. The van der Waals surface area contributed by atoms with E-state index in [9.17, 15) is 4.79 Å². The zero-order chi connectivity index (χ0) is 11.5. The van der Waals surface area contributed by atoms with Crippen molar-refractivity contribution in [3.63, 3.8) is 0 Å². The van der Waals surface area contributed by atoms with E-state index in [-0.39, 0.29) is 5.91 Å². The zero-order valence-corrected chi connectivity index (χ0v) is 10.5. The van der Waals surface area contributed by atoms with Crippen LogP contribution in [0.15, 0.2) is 0 Å². The Balaban J connectivity index is 2.50. The van der Waals surface area contributed by atoms with Crippen LogP contribution in [-0.4, -0.2) is 36.5 Å². The molecule has 0 saturated carbocycles. The predicted octanol–water partition coefficient (Wildman–Crippen LogP) is 1.63. The van der Waals surface area contributed by atoms with E-state index < -0.39 is 5.54 Å². The molecule has 1 amide bonds. The van der Waals surface area contributed by atoms with E-state index in [0.29, 0.717) is 0 Å². The second-order valence-electron chi connectivity index (χ2n) is 5.07. The summed E-state index contributed by atoms with van der Waals surface area (Å²) < 4.78 is 0. The number of hydrogen-bond acceptors (Lipinski definition) is 2. The molecule has 1 N–H and O–H groups in total. The van der Waals surface area contributed by atoms with Gasteiger partial charge in [-0.2, -0.15) is 0 Å². The molecule has 0 bridgehead atoms. The summed E-state index contributed by atoms with van der Waals surface area (Å²) in [5, 5.41) is 3.07. The molecule has 1 saturated heterocycles. The van der Waals surface area contributed by atoms with Crippen LogP contribution < -0.4 is 5.32 Å². The number of likely N-dealkylation sites (tertiary alicyclic amines) is 1. The summed E-state index contributed by atoms with van der Waals surface area (Å²) in [6, 6.07) is 0. The number of carbonyl (C=O) groups excluding carboxylic acids is 1. The van der Waals surface area contributed by atoms with Gasteiger partial charge in [0.25, 0.3) is 0 Å². The first-order valence-corrected chi connectivity index (χ1v) is 5.99. The summed E-state index contributed by atoms with van der Waals surface area (Å²) >= 11 is 0. The van der Waals surface area contributed by atoms with Gasteiger partial charge in [0.05, 0.1) is 5.54 Å². The highest BCUT2D eigenvalue weighted by Crippen LogP contribution is 2.23. The highest BCUT2D eigenvalue weighted by atomic mass is 16.2. The number of nitrogens with zero attached hydrogens (tertiary/aromatic N) is 1. The largest absolute Gasteiger partial charge is 0.341 e. The summed E-state index contributed by atoms with van der Waals surface area (Å²) in [6.45, 7) is 8.00. The molecule has 0 aromatic heterocycles. The molecule has 1 aliphatic rings. The first kappa shape index (κ1) is 12.5. The Hall–Kier alpha value is -0.570. The van der Waals surface area contributed by atoms with E-state index in [1.165, 1.54) is 19.3 Å². The number of nitrogens with one attached hydrogen (secondary N) is 1. The molecule has 1 fully saturated rings. The van der Waals surface area contributed by atoms with Gasteiger partial charge >= 0.3 is 0 Å². The summed E-state index contributed by atoms with van der Waals surface area (Å²) in [7, 11) is 1.84. The highest BCUT2D eigenvalue weighted by Gasteiger charge is 2.34. The van der Waals surface area contributed by atoms with Gasteiger partial charge in [0, 0.05) is 13.1 Å². The maximum absolute atomic E-state index is 12.1. The summed E-state index contributed by atoms with van der Waals surface area (Å²) in [6.07, 6.45) is 3.66. The van der Waals surface area contributed by atoms with E-state index in [1.807, 2.05) is 25.8 Å². The molecule has 1 unspecified atom stereocenters. The average molecular weight is 212 g/mol. The lowest BCUT2D eigenvalue weighted by atomic mass is 10.0. The number of hydrogen-bond donors (Lipinski definition) is 1. The lowest BCUT2D eigenvalue weighted by molar-refractivity contribution is -0.135. The number of carbonyl (C=O) groups is 1. The van der Waals surface area contributed by atoms with E-state index in [0.717, 1.165) is 19.0 Å². The van der Waals surface area contributed by atoms with Crippen LogP contribution in [-0.2, 0) is 4.79 Å². The minimum absolute atomic E-state index is 0.239. The summed E-state index contributed by atoms with van der Waals surface area (Å²) in [4.78, 5) is 14.1. The maximum atomic E-state index is 12.1. The molecular formula is C12H24N2O. The third kappa shape index (κ3) is 2.94. The second kappa shape index (κ2) is 4.97. The smallest absolute Gasteiger partial charge is 0.242 e. The molecule has 1 heterocycles. The van der Waals surface area contributed by atoms with Crippen molar-refractivity contribution in [3.05, 3.63) is 0 Å². The van der Waals surface area contributed by atoms with E-state index in [2.05, 4.69) is 12.2 Å². The first-order chi connectivity index (χ1) is 7.01. The molecule has 88 valence electrons. The van der Waals surface area contributed by atoms with Gasteiger partial charge in [0.15, 0.2) is 0 Å². The van der Waals surface area contributed by atoms with Gasteiger partial charge in [-0.3, -0.25) is 4.79 Å². The number of amides is 1. The summed E-state index contributed by atoms with van der Waals surface area (Å²) in [5.74, 6) is 0.968. The topological polar surface area (TPSA) is 32.3 Å². The molecule has 3 nitrogen and oxygen atoms in total. The lowest BCUT2D eigenvalue weighted by Gasteiger charge is -2.28. The van der Waals surface area contributed by atoms with Gasteiger partial charge in [-0.05, 0) is 39.7 Å². The number of likely N-dealkylation sites (N-methyl/N-ethyl adjacent to an activating group) is 1. The Morgan fingerprint density at radius 1 is 1.53 bits per heavy atom. The maximum Gasteiger partial charge on any atom is 0.242 e. The SMILES string of the molecule is CCCC1CCN(C(=O)C(C)(C)NC)C1. The van der Waals surface area contributed by atoms with E-state index >= 15 is 0 Å². The molecule has 0 spiro atoms. The van der Waals surface area contributed by atoms with Crippen LogP contribution >= 0.6 is 0 Å². The van der Waals surface area contributed by atoms with Crippen molar-refractivity contribution in [1.29, 1.82) is 0 Å². The van der Waals surface area contributed by atoms with Crippen molar-refractivity contribution in [2.45, 2.75) is 45.6 Å². The van der Waals surface area contributed by atoms with Crippen LogP contribution in [0.1, 0.15) is 40.0 Å². The van der Waals surface area contributed by atoms with Crippen LogP contribution in [0.5, 0.6) is 0 Å². The molecule has 1 rings (SSSR count). The molecular weight excluding hydrogens is 188 g/mol. The fourth-order valence-corrected chi connectivity index (χ4v) is 2.16. The van der Waals surface area contributed by atoms with Gasteiger partial charge in [-0.1, -0.05) is 13.3 Å². The molecule has 0 radical (unpaired) electrons. The summed E-state index contributed by atoms with van der Waals surface area (Å²) in [5.41, 5.74) is -0.416. The lowest BCUT2D eigenvalue weighted by Crippen LogP contribution is -2.52. The second-order valence-corrected chi connectivity index (χ2v) is 5.07. The molecule has 0 aromatic rings. The van der Waals surface area contributed by atoms with Crippen LogP contribution in [0.25, 0.3) is 0 Å². The van der Waals surface area contributed by atoms with Crippen LogP contribution in [0.4, 0.5) is 0 Å². The molecule has 1 aliphatic heterocycles. The van der Waals surface area contributed by atoms with E-state index in [4.69, 9.17) is 0 Å². The normalized spacial score (nSPS) is 22.1. The Bertz CT molecular complexity index is 226. The molecule has 0 aliphatic carbocycles. The third-order valence-corrected chi connectivity index (χ3v) is 3.43. The fraction of sp³-hybridized carbons (Fsp3) is 0.917. The Morgan fingerprint density at radius 2 is 2.20 bits per heavy atom. The first-order valence-electron chi connectivity index (χ1n) is 5.99. The minimum atomic E-state index is -0.416. The minimum Gasteiger partial charge on any atom is -0.341 e. The average Bonchev–Trinajstić information content (AvgIpc) is 2.66. The third-order valence-electron chi connectivity index (χ3n) is 3.43. The molecule has 0 aromatic carbocycles. The van der Waals surface area contributed by atoms with Crippen molar-refractivity contribution in [1.82, 2.24) is 10.2 Å². The fourth-order valence-electron chi connectivity index (χ4n) is 2.16. The van der Waals surface area contributed by atoms with Crippen molar-refractivity contribution in [3.8, 4) is 0 Å². The molecule has 3 heteroatoms. The Labute approximate surface area is 93.2 Å². The van der Waals surface area contributed by atoms with Crippen LogP contribution in [0.2, 0.25) is 0 Å². The highest BCUT2D eigenvalue weighted by molar-refractivity contribution is 5.85. The van der Waals surface area contributed by atoms with Crippen LogP contribution in [0.3, 0.4) is 0 Å². The van der Waals surface area contributed by atoms with Gasteiger partial charge in [-0.25, -0.2) is 0 Å². The number of rotatable bonds is 4. The standard InChI is InChI=1S/C12H24N2O/c1-5-6-10-7-8-14(9-10)11(15)12(2,3)13-4/h10,13H,5-9H2,1-4H3. The van der Waals surface area contributed by atoms with Crippen molar-refractivity contribution in [2.75, 3.05) is 20.1 Å². The van der Waals surface area contributed by atoms with Gasteiger partial charge in [0.2, 0.25) is 5.91 Å². The van der Waals surface area contributed by atoms with Gasteiger partial charge in [0.1, 0.15) is 0 Å². The van der Waals surface area contributed by atoms with Gasteiger partial charge < -0.3 is 10.2 Å². The molecule has 1 atom stereocenters. The quantitative estimate of drug-likeness (QED) is 0.768.